The highest BCUT2D eigenvalue weighted by molar-refractivity contribution is 5.94. The zero-order valence-electron chi connectivity index (χ0n) is 10.9. The number of hydrogen-bond donors (Lipinski definition) is 0. The van der Waals surface area contributed by atoms with E-state index < -0.39 is 0 Å². The van der Waals surface area contributed by atoms with Gasteiger partial charge < -0.3 is 4.74 Å². The number of rotatable bonds is 2. The summed E-state index contributed by atoms with van der Waals surface area (Å²) < 4.78 is 5.86. The van der Waals surface area contributed by atoms with Gasteiger partial charge in [0, 0.05) is 5.56 Å². The van der Waals surface area contributed by atoms with Crippen LogP contribution >= 0.6 is 0 Å². The predicted molar refractivity (Wildman–Crippen MR) is 69.0 cm³/mol. The van der Waals surface area contributed by atoms with Crippen LogP contribution in [0.25, 0.3) is 0 Å². The van der Waals surface area contributed by atoms with Gasteiger partial charge in [0.1, 0.15) is 5.75 Å². The van der Waals surface area contributed by atoms with Crippen molar-refractivity contribution in [3.63, 3.8) is 0 Å². The lowest BCUT2D eigenvalue weighted by molar-refractivity contribution is 0.101. The Bertz CT molecular complexity index is 433. The number of fused-ring (bicyclic) bond motifs is 1. The average molecular weight is 232 g/mol. The molecule has 17 heavy (non-hydrogen) atoms. The minimum Gasteiger partial charge on any atom is -0.493 e. The van der Waals surface area contributed by atoms with Gasteiger partial charge in [-0.25, -0.2) is 0 Å². The zero-order chi connectivity index (χ0) is 12.4. The van der Waals surface area contributed by atoms with Crippen molar-refractivity contribution in [1.29, 1.82) is 0 Å². The number of ether oxygens (including phenoxy) is 1. The van der Waals surface area contributed by atoms with Crippen LogP contribution < -0.4 is 4.74 Å². The first-order valence-corrected chi connectivity index (χ1v) is 6.40. The van der Waals surface area contributed by atoms with Crippen LogP contribution in [-0.2, 0) is 6.42 Å². The predicted octanol–water partition coefficient (Wildman–Crippen LogP) is 3.73. The van der Waals surface area contributed by atoms with Gasteiger partial charge in [0.15, 0.2) is 5.78 Å². The van der Waals surface area contributed by atoms with Crippen LogP contribution in [-0.4, -0.2) is 12.4 Å². The summed E-state index contributed by atoms with van der Waals surface area (Å²) in [6, 6.07) is 4.01. The molecule has 2 rings (SSSR count). The molecular formula is C15H20O2. The Balaban J connectivity index is 2.55. The Labute approximate surface area is 103 Å². The molecule has 1 aromatic rings. The van der Waals surface area contributed by atoms with Crippen LogP contribution in [0.5, 0.6) is 5.75 Å². The van der Waals surface area contributed by atoms with Crippen LogP contribution in [0, 0.1) is 0 Å². The Morgan fingerprint density at radius 1 is 1.29 bits per heavy atom. The zero-order valence-corrected chi connectivity index (χ0v) is 10.9. The van der Waals surface area contributed by atoms with E-state index >= 15 is 0 Å². The molecule has 0 saturated carbocycles. The van der Waals surface area contributed by atoms with Gasteiger partial charge in [-0.3, -0.25) is 4.79 Å². The summed E-state index contributed by atoms with van der Waals surface area (Å²) in [4.78, 5) is 11.6. The molecule has 1 aromatic carbocycles. The van der Waals surface area contributed by atoms with Gasteiger partial charge in [0.05, 0.1) is 6.61 Å². The molecule has 0 aromatic heterocycles. The Morgan fingerprint density at radius 3 is 2.71 bits per heavy atom. The third-order valence-electron chi connectivity index (χ3n) is 3.31. The van der Waals surface area contributed by atoms with Crippen LogP contribution in [0.4, 0.5) is 0 Å². The Kier molecular flexibility index (Phi) is 3.51. The molecule has 0 amide bonds. The van der Waals surface area contributed by atoms with Crippen molar-refractivity contribution in [2.75, 3.05) is 6.61 Å². The van der Waals surface area contributed by atoms with Crippen LogP contribution in [0.1, 0.15) is 61.0 Å². The number of hydrogen-bond acceptors (Lipinski definition) is 2. The molecule has 1 aliphatic heterocycles. The summed E-state index contributed by atoms with van der Waals surface area (Å²) in [7, 11) is 0. The van der Waals surface area contributed by atoms with Crippen molar-refractivity contribution in [3.05, 3.63) is 28.8 Å². The third-order valence-corrected chi connectivity index (χ3v) is 3.31. The van der Waals surface area contributed by atoms with Crippen LogP contribution in [0.15, 0.2) is 12.1 Å². The van der Waals surface area contributed by atoms with E-state index in [9.17, 15) is 4.79 Å². The first kappa shape index (κ1) is 12.2. The highest BCUT2D eigenvalue weighted by Gasteiger charge is 2.18. The van der Waals surface area contributed by atoms with Crippen molar-refractivity contribution in [3.8, 4) is 5.75 Å². The molecule has 0 atom stereocenters. The summed E-state index contributed by atoms with van der Waals surface area (Å²) >= 11 is 0. The number of ketones is 1. The molecule has 0 saturated heterocycles. The lowest BCUT2D eigenvalue weighted by Crippen LogP contribution is -2.04. The maximum absolute atomic E-state index is 11.6. The van der Waals surface area contributed by atoms with E-state index in [2.05, 4.69) is 13.8 Å². The Morgan fingerprint density at radius 2 is 2.06 bits per heavy atom. The highest BCUT2D eigenvalue weighted by atomic mass is 16.5. The van der Waals surface area contributed by atoms with E-state index in [0.717, 1.165) is 37.2 Å². The Hall–Kier alpha value is -1.31. The van der Waals surface area contributed by atoms with Crippen molar-refractivity contribution in [2.45, 2.75) is 46.0 Å². The summed E-state index contributed by atoms with van der Waals surface area (Å²) in [5.74, 6) is 1.56. The highest BCUT2D eigenvalue weighted by Crippen LogP contribution is 2.34. The van der Waals surface area contributed by atoms with E-state index in [0.29, 0.717) is 5.92 Å². The molecular weight excluding hydrogens is 212 g/mol. The molecule has 1 heterocycles. The van der Waals surface area contributed by atoms with E-state index in [1.165, 1.54) is 11.1 Å². The molecule has 0 aliphatic carbocycles. The minimum absolute atomic E-state index is 0.138. The smallest absolute Gasteiger partial charge is 0.159 e. The largest absolute Gasteiger partial charge is 0.493 e. The van der Waals surface area contributed by atoms with E-state index in [-0.39, 0.29) is 5.78 Å². The summed E-state index contributed by atoms with van der Waals surface area (Å²) in [6.07, 6.45) is 3.27. The van der Waals surface area contributed by atoms with Crippen molar-refractivity contribution in [2.24, 2.45) is 0 Å². The maximum atomic E-state index is 11.6. The van der Waals surface area contributed by atoms with Gasteiger partial charge in [0.2, 0.25) is 0 Å². The second kappa shape index (κ2) is 4.91. The second-order valence-corrected chi connectivity index (χ2v) is 5.07. The topological polar surface area (TPSA) is 26.3 Å². The fourth-order valence-electron chi connectivity index (χ4n) is 2.30. The molecule has 0 N–H and O–H groups in total. The van der Waals surface area contributed by atoms with Gasteiger partial charge in [-0.05, 0) is 55.4 Å². The molecule has 1 aliphatic rings. The molecule has 0 unspecified atom stereocenters. The number of carbonyl (C=O) groups is 1. The average Bonchev–Trinajstić information content (AvgIpc) is 2.51. The summed E-state index contributed by atoms with van der Waals surface area (Å²) in [5, 5.41) is 0. The minimum atomic E-state index is 0.138. The maximum Gasteiger partial charge on any atom is 0.159 e. The number of carbonyl (C=O) groups excluding carboxylic acids is 1. The standard InChI is InChI=1S/C15H20O2/c1-10(2)14-9-13(11(3)16)8-12-6-4-5-7-17-15(12)14/h8-10H,4-7H2,1-3H3. The number of aryl methyl sites for hydroxylation is 1. The van der Waals surface area contributed by atoms with E-state index in [1.54, 1.807) is 6.92 Å². The molecule has 0 radical (unpaired) electrons. The quantitative estimate of drug-likeness (QED) is 0.726. The van der Waals surface area contributed by atoms with Gasteiger partial charge >= 0.3 is 0 Å². The molecule has 0 bridgehead atoms. The lowest BCUT2D eigenvalue weighted by atomic mass is 9.93. The summed E-state index contributed by atoms with van der Waals surface area (Å²) in [5.41, 5.74) is 3.20. The normalized spacial score (nSPS) is 15.1. The van der Waals surface area contributed by atoms with E-state index in [1.807, 2.05) is 12.1 Å². The molecule has 2 nitrogen and oxygen atoms in total. The molecule has 0 fully saturated rings. The van der Waals surface area contributed by atoms with Crippen LogP contribution in [0.3, 0.4) is 0 Å². The number of benzene rings is 1. The van der Waals surface area contributed by atoms with Crippen molar-refractivity contribution < 1.29 is 9.53 Å². The molecule has 92 valence electrons. The first-order valence-electron chi connectivity index (χ1n) is 6.40. The van der Waals surface area contributed by atoms with Crippen molar-refractivity contribution in [1.82, 2.24) is 0 Å². The molecule has 2 heteroatoms. The fraction of sp³-hybridized carbons (Fsp3) is 0.533. The van der Waals surface area contributed by atoms with Gasteiger partial charge in [0.25, 0.3) is 0 Å². The van der Waals surface area contributed by atoms with Gasteiger partial charge in [-0.2, -0.15) is 0 Å². The van der Waals surface area contributed by atoms with Crippen molar-refractivity contribution >= 4 is 5.78 Å². The van der Waals surface area contributed by atoms with Gasteiger partial charge in [-0.15, -0.1) is 0 Å². The number of Topliss-reactive ketones (excluding diaryl/α,β-unsaturated/α-hetero) is 1. The third kappa shape index (κ3) is 2.51. The fourth-order valence-corrected chi connectivity index (χ4v) is 2.30. The monoisotopic (exact) mass is 232 g/mol. The molecule has 0 spiro atoms. The van der Waals surface area contributed by atoms with Crippen LogP contribution in [0.2, 0.25) is 0 Å². The first-order chi connectivity index (χ1) is 8.09. The SMILES string of the molecule is CC(=O)c1cc2c(c(C(C)C)c1)OCCCC2. The lowest BCUT2D eigenvalue weighted by Gasteiger charge is -2.17. The van der Waals surface area contributed by atoms with Gasteiger partial charge in [-0.1, -0.05) is 13.8 Å². The summed E-state index contributed by atoms with van der Waals surface area (Å²) in [6.45, 7) is 6.72. The second-order valence-electron chi connectivity index (χ2n) is 5.07. The van der Waals surface area contributed by atoms with E-state index in [4.69, 9.17) is 4.74 Å².